The lowest BCUT2D eigenvalue weighted by atomic mass is 9.94. The highest BCUT2D eigenvalue weighted by Crippen LogP contribution is 2.35. The number of oxime groups is 1. The molecule has 1 saturated heterocycles. The van der Waals surface area contributed by atoms with Gasteiger partial charge in [0.1, 0.15) is 11.6 Å². The van der Waals surface area contributed by atoms with Gasteiger partial charge in [0.2, 0.25) is 12.0 Å². The van der Waals surface area contributed by atoms with Crippen LogP contribution < -0.4 is 4.90 Å². The van der Waals surface area contributed by atoms with Crippen molar-refractivity contribution in [3.05, 3.63) is 64.1 Å². The molecule has 0 aromatic heterocycles. The lowest BCUT2D eigenvalue weighted by Crippen LogP contribution is -2.33. The van der Waals surface area contributed by atoms with E-state index in [0.29, 0.717) is 17.0 Å². The predicted octanol–water partition coefficient (Wildman–Crippen LogP) is 2.94. The van der Waals surface area contributed by atoms with Gasteiger partial charge in [-0.3, -0.25) is 14.4 Å². The van der Waals surface area contributed by atoms with Crippen LogP contribution in [0.15, 0.2) is 58.2 Å². The zero-order valence-electron chi connectivity index (χ0n) is 13.7. The molecule has 26 heavy (non-hydrogen) atoms. The van der Waals surface area contributed by atoms with E-state index in [0.717, 1.165) is 14.9 Å². The molecule has 0 unspecified atom stereocenters. The van der Waals surface area contributed by atoms with Crippen molar-refractivity contribution in [2.45, 2.75) is 13.0 Å². The van der Waals surface area contributed by atoms with Crippen LogP contribution in [0.25, 0.3) is 0 Å². The highest BCUT2D eigenvalue weighted by Gasteiger charge is 2.56. The molecule has 0 bridgehead atoms. The van der Waals surface area contributed by atoms with E-state index in [1.165, 1.54) is 6.92 Å². The molecule has 0 aliphatic carbocycles. The molecule has 0 radical (unpaired) electrons. The molecule has 6 nitrogen and oxygen atoms in total. The van der Waals surface area contributed by atoms with Crippen LogP contribution in [0, 0.1) is 5.92 Å². The maximum Gasteiger partial charge on any atom is 0.278 e. The van der Waals surface area contributed by atoms with E-state index in [1.807, 2.05) is 24.3 Å². The zero-order chi connectivity index (χ0) is 18.4. The predicted molar refractivity (Wildman–Crippen MR) is 98.0 cm³/mol. The molecule has 1 fully saturated rings. The first-order chi connectivity index (χ1) is 12.5. The van der Waals surface area contributed by atoms with Gasteiger partial charge < -0.3 is 4.84 Å². The summed E-state index contributed by atoms with van der Waals surface area (Å²) in [5, 5.41) is 3.97. The van der Waals surface area contributed by atoms with Gasteiger partial charge in [-0.15, -0.1) is 0 Å². The number of halogens is 1. The molecule has 4 rings (SSSR count). The topological polar surface area (TPSA) is 76.0 Å². The van der Waals surface area contributed by atoms with Gasteiger partial charge in [0.05, 0.1) is 5.69 Å². The van der Waals surface area contributed by atoms with Crippen molar-refractivity contribution in [1.29, 1.82) is 0 Å². The third-order valence-corrected chi connectivity index (χ3v) is 5.01. The van der Waals surface area contributed by atoms with Crippen molar-refractivity contribution in [1.82, 2.24) is 0 Å². The Labute approximate surface area is 157 Å². The van der Waals surface area contributed by atoms with E-state index in [4.69, 9.17) is 4.84 Å². The van der Waals surface area contributed by atoms with Crippen LogP contribution in [0.1, 0.15) is 22.8 Å². The summed E-state index contributed by atoms with van der Waals surface area (Å²) in [7, 11) is 0. The van der Waals surface area contributed by atoms with Crippen molar-refractivity contribution in [3.63, 3.8) is 0 Å². The normalized spacial score (nSPS) is 21.5. The summed E-state index contributed by atoms with van der Waals surface area (Å²) in [6.45, 7) is 1.46. The molecule has 2 atom stereocenters. The largest absolute Gasteiger partial charge is 0.381 e. The number of ketones is 1. The molecule has 7 heteroatoms. The fourth-order valence-electron chi connectivity index (χ4n) is 3.14. The minimum absolute atomic E-state index is 0.0829. The van der Waals surface area contributed by atoms with Crippen LogP contribution in [0.2, 0.25) is 0 Å². The zero-order valence-corrected chi connectivity index (χ0v) is 15.3. The van der Waals surface area contributed by atoms with E-state index < -0.39 is 17.9 Å². The number of imide groups is 1. The van der Waals surface area contributed by atoms with Crippen LogP contribution in [0.5, 0.6) is 0 Å². The Morgan fingerprint density at radius 3 is 2.31 bits per heavy atom. The lowest BCUT2D eigenvalue weighted by molar-refractivity contribution is -0.126. The number of hydrogen-bond donors (Lipinski definition) is 0. The molecule has 130 valence electrons. The van der Waals surface area contributed by atoms with Gasteiger partial charge in [-0.05, 0) is 43.3 Å². The number of nitrogens with zero attached hydrogens (tertiary/aromatic N) is 2. The molecule has 0 saturated carbocycles. The minimum atomic E-state index is -0.950. The molecular formula is C19H13BrN2O4. The number of Topliss-reactive ketones (excluding diaryl/α,β-unsaturated/α-hetero) is 1. The van der Waals surface area contributed by atoms with Crippen LogP contribution in [-0.4, -0.2) is 29.4 Å². The molecule has 2 aliphatic heterocycles. The molecule has 2 aromatic rings. The standard InChI is InChI=1S/C19H13BrN2O4/c1-10(23)11-4-8-14(9-5-11)22-18(24)15-16(21-26-17(15)19(22)25)12-2-6-13(20)7-3-12/h2-9,15,17H,1H3/t15-,17+/m1/s1. The number of benzene rings is 2. The van der Waals surface area contributed by atoms with Crippen molar-refractivity contribution in [3.8, 4) is 0 Å². The second-order valence-electron chi connectivity index (χ2n) is 6.10. The summed E-state index contributed by atoms with van der Waals surface area (Å²) in [6, 6.07) is 13.7. The third-order valence-electron chi connectivity index (χ3n) is 4.48. The van der Waals surface area contributed by atoms with Gasteiger partial charge in [0, 0.05) is 15.6 Å². The van der Waals surface area contributed by atoms with Crippen molar-refractivity contribution < 1.29 is 19.2 Å². The molecule has 0 spiro atoms. The molecular weight excluding hydrogens is 400 g/mol. The first-order valence-corrected chi connectivity index (χ1v) is 8.75. The Morgan fingerprint density at radius 2 is 1.69 bits per heavy atom. The van der Waals surface area contributed by atoms with Crippen LogP contribution in [0.3, 0.4) is 0 Å². The molecule has 0 N–H and O–H groups in total. The van der Waals surface area contributed by atoms with Gasteiger partial charge in [-0.2, -0.15) is 0 Å². The Morgan fingerprint density at radius 1 is 1.04 bits per heavy atom. The van der Waals surface area contributed by atoms with E-state index in [9.17, 15) is 14.4 Å². The monoisotopic (exact) mass is 412 g/mol. The van der Waals surface area contributed by atoms with Crippen molar-refractivity contribution in [2.75, 3.05) is 4.90 Å². The average Bonchev–Trinajstić information content (AvgIpc) is 3.17. The minimum Gasteiger partial charge on any atom is -0.381 e. The third kappa shape index (κ3) is 2.55. The lowest BCUT2D eigenvalue weighted by Gasteiger charge is -2.15. The van der Waals surface area contributed by atoms with E-state index in [2.05, 4.69) is 21.1 Å². The second kappa shape index (κ2) is 6.17. The smallest absolute Gasteiger partial charge is 0.278 e. The number of rotatable bonds is 3. The van der Waals surface area contributed by atoms with Crippen LogP contribution >= 0.6 is 15.9 Å². The van der Waals surface area contributed by atoms with Gasteiger partial charge in [0.15, 0.2) is 5.78 Å². The van der Waals surface area contributed by atoms with Crippen molar-refractivity contribution in [2.24, 2.45) is 11.1 Å². The molecule has 2 amide bonds. The fourth-order valence-corrected chi connectivity index (χ4v) is 3.40. The van der Waals surface area contributed by atoms with Crippen LogP contribution in [0.4, 0.5) is 5.69 Å². The van der Waals surface area contributed by atoms with Gasteiger partial charge in [0.25, 0.3) is 5.91 Å². The summed E-state index contributed by atoms with van der Waals surface area (Å²) in [5.74, 6) is -1.68. The first-order valence-electron chi connectivity index (χ1n) is 7.96. The summed E-state index contributed by atoms with van der Waals surface area (Å²) in [6.07, 6.45) is -0.950. The van der Waals surface area contributed by atoms with E-state index in [-0.39, 0.29) is 11.7 Å². The second-order valence-corrected chi connectivity index (χ2v) is 7.02. The summed E-state index contributed by atoms with van der Waals surface area (Å²) < 4.78 is 0.901. The summed E-state index contributed by atoms with van der Waals surface area (Å²) in [4.78, 5) is 43.4. The van der Waals surface area contributed by atoms with Gasteiger partial charge in [-0.1, -0.05) is 33.2 Å². The highest BCUT2D eigenvalue weighted by atomic mass is 79.9. The Kier molecular flexibility index (Phi) is 3.96. The summed E-state index contributed by atoms with van der Waals surface area (Å²) >= 11 is 3.36. The summed E-state index contributed by atoms with van der Waals surface area (Å²) in [5.41, 5.74) is 2.11. The Bertz CT molecular complexity index is 951. The maximum atomic E-state index is 12.9. The number of fused-ring (bicyclic) bond motifs is 1. The molecule has 2 aromatic carbocycles. The maximum absolute atomic E-state index is 12.9. The van der Waals surface area contributed by atoms with Gasteiger partial charge >= 0.3 is 0 Å². The highest BCUT2D eigenvalue weighted by molar-refractivity contribution is 9.10. The molecule has 2 heterocycles. The number of amides is 2. The van der Waals surface area contributed by atoms with Crippen LogP contribution in [-0.2, 0) is 14.4 Å². The van der Waals surface area contributed by atoms with E-state index >= 15 is 0 Å². The Hall–Kier alpha value is -2.80. The number of hydrogen-bond acceptors (Lipinski definition) is 5. The SMILES string of the molecule is CC(=O)c1ccc(N2C(=O)[C@@H]3C(c4ccc(Br)cc4)=NO[C@@H]3C2=O)cc1. The first kappa shape index (κ1) is 16.7. The molecule has 2 aliphatic rings. The van der Waals surface area contributed by atoms with Gasteiger partial charge in [-0.25, -0.2) is 4.90 Å². The fraction of sp³-hybridized carbons (Fsp3) is 0.158. The quantitative estimate of drug-likeness (QED) is 0.573. The number of anilines is 1. The van der Waals surface area contributed by atoms with Crippen molar-refractivity contribution >= 4 is 44.9 Å². The Balaban J connectivity index is 1.66. The number of carbonyl (C=O) groups excluding carboxylic acids is 3. The average molecular weight is 413 g/mol. The number of carbonyl (C=O) groups is 3. The van der Waals surface area contributed by atoms with E-state index in [1.54, 1.807) is 24.3 Å².